The topological polar surface area (TPSA) is 39.2 Å². The van der Waals surface area contributed by atoms with Crippen molar-refractivity contribution in [2.24, 2.45) is 5.92 Å². The fourth-order valence-corrected chi connectivity index (χ4v) is 1.40. The van der Waals surface area contributed by atoms with E-state index >= 15 is 0 Å². The molecule has 0 radical (unpaired) electrons. The monoisotopic (exact) mass is 191 g/mol. The molecule has 0 unspecified atom stereocenters. The van der Waals surface area contributed by atoms with Crippen LogP contribution in [0, 0.1) is 5.92 Å². The Morgan fingerprint density at radius 2 is 2.14 bits per heavy atom. The highest BCUT2D eigenvalue weighted by Gasteiger charge is 2.26. The van der Waals surface area contributed by atoms with Gasteiger partial charge < -0.3 is 4.74 Å². The third kappa shape index (κ3) is 2.10. The summed E-state index contributed by atoms with van der Waals surface area (Å²) in [6.45, 7) is 0.373. The number of rotatable bonds is 3. The molecule has 0 spiro atoms. The van der Waals surface area contributed by atoms with Crippen LogP contribution in [-0.2, 0) is 16.1 Å². The summed E-state index contributed by atoms with van der Waals surface area (Å²) in [7, 11) is 0. The third-order valence-corrected chi connectivity index (χ3v) is 2.57. The zero-order chi connectivity index (χ0) is 9.80. The third-order valence-electron chi connectivity index (χ3n) is 2.57. The molecule has 0 bridgehead atoms. The van der Waals surface area contributed by atoms with Crippen molar-refractivity contribution in [1.29, 1.82) is 0 Å². The Balaban J connectivity index is 1.79. The number of pyridine rings is 1. The summed E-state index contributed by atoms with van der Waals surface area (Å²) < 4.78 is 5.17. The summed E-state index contributed by atoms with van der Waals surface area (Å²) in [5.41, 5.74) is 0.993. The van der Waals surface area contributed by atoms with Crippen molar-refractivity contribution < 1.29 is 9.53 Å². The van der Waals surface area contributed by atoms with Crippen molar-refractivity contribution in [2.75, 3.05) is 0 Å². The second-order valence-electron chi connectivity index (χ2n) is 3.59. The van der Waals surface area contributed by atoms with E-state index < -0.39 is 0 Å². The molecule has 2 rings (SSSR count). The van der Waals surface area contributed by atoms with Crippen molar-refractivity contribution in [3.63, 3.8) is 0 Å². The number of carbonyl (C=O) groups excluding carboxylic acids is 1. The van der Waals surface area contributed by atoms with Crippen molar-refractivity contribution >= 4 is 5.97 Å². The fraction of sp³-hybridized carbons (Fsp3) is 0.455. The van der Waals surface area contributed by atoms with Gasteiger partial charge in [0.15, 0.2) is 0 Å². The molecule has 0 amide bonds. The van der Waals surface area contributed by atoms with Crippen LogP contribution in [0.25, 0.3) is 0 Å². The van der Waals surface area contributed by atoms with Crippen molar-refractivity contribution in [1.82, 2.24) is 4.98 Å². The van der Waals surface area contributed by atoms with Gasteiger partial charge in [0, 0.05) is 12.4 Å². The zero-order valence-corrected chi connectivity index (χ0v) is 7.98. The highest BCUT2D eigenvalue weighted by Crippen LogP contribution is 2.27. The van der Waals surface area contributed by atoms with E-state index in [0.717, 1.165) is 24.8 Å². The fourth-order valence-electron chi connectivity index (χ4n) is 1.40. The second kappa shape index (κ2) is 4.22. The molecule has 14 heavy (non-hydrogen) atoms. The highest BCUT2D eigenvalue weighted by atomic mass is 16.5. The van der Waals surface area contributed by atoms with Crippen LogP contribution in [0.1, 0.15) is 24.8 Å². The molecule has 0 atom stereocenters. The molecule has 1 heterocycles. The maximum atomic E-state index is 11.4. The molecule has 1 saturated carbocycles. The Labute approximate surface area is 83.1 Å². The summed E-state index contributed by atoms with van der Waals surface area (Å²) in [5.74, 6) is 0.116. The number of esters is 1. The van der Waals surface area contributed by atoms with Gasteiger partial charge in [-0.05, 0) is 30.5 Å². The average molecular weight is 191 g/mol. The van der Waals surface area contributed by atoms with Crippen LogP contribution in [-0.4, -0.2) is 11.0 Å². The molecule has 3 heteroatoms. The van der Waals surface area contributed by atoms with Crippen molar-refractivity contribution in [3.8, 4) is 0 Å². The molecule has 0 saturated heterocycles. The first-order chi connectivity index (χ1) is 6.86. The Kier molecular flexibility index (Phi) is 2.77. The van der Waals surface area contributed by atoms with Gasteiger partial charge in [0.2, 0.25) is 0 Å². The van der Waals surface area contributed by atoms with Crippen molar-refractivity contribution in [2.45, 2.75) is 25.9 Å². The van der Waals surface area contributed by atoms with Gasteiger partial charge in [-0.15, -0.1) is 0 Å². The lowest BCUT2D eigenvalue weighted by atomic mass is 9.86. The molecular weight excluding hydrogens is 178 g/mol. The number of ether oxygens (including phenoxy) is 1. The predicted octanol–water partition coefficient (Wildman–Crippen LogP) is 1.92. The van der Waals surface area contributed by atoms with Crippen LogP contribution in [0.15, 0.2) is 24.5 Å². The number of nitrogens with zero attached hydrogens (tertiary/aromatic N) is 1. The predicted molar refractivity (Wildman–Crippen MR) is 51.4 cm³/mol. The van der Waals surface area contributed by atoms with Crippen molar-refractivity contribution in [3.05, 3.63) is 30.1 Å². The van der Waals surface area contributed by atoms with Crippen LogP contribution in [0.2, 0.25) is 0 Å². The Morgan fingerprint density at radius 1 is 1.43 bits per heavy atom. The number of hydrogen-bond donors (Lipinski definition) is 0. The van der Waals surface area contributed by atoms with E-state index in [2.05, 4.69) is 4.98 Å². The first kappa shape index (κ1) is 9.19. The molecule has 0 aliphatic heterocycles. The number of carbonyl (C=O) groups is 1. The Hall–Kier alpha value is -1.38. The molecule has 1 aromatic heterocycles. The van der Waals surface area contributed by atoms with E-state index in [9.17, 15) is 4.79 Å². The van der Waals surface area contributed by atoms with Crippen LogP contribution in [0.5, 0.6) is 0 Å². The van der Waals surface area contributed by atoms with Crippen LogP contribution in [0.4, 0.5) is 0 Å². The lowest BCUT2D eigenvalue weighted by Gasteiger charge is -2.22. The van der Waals surface area contributed by atoms with E-state index in [1.54, 1.807) is 12.4 Å². The average Bonchev–Trinajstić information content (AvgIpc) is 2.14. The molecule has 0 aromatic carbocycles. The molecule has 74 valence electrons. The van der Waals surface area contributed by atoms with Gasteiger partial charge in [-0.1, -0.05) is 6.42 Å². The van der Waals surface area contributed by atoms with E-state index in [-0.39, 0.29) is 11.9 Å². The van der Waals surface area contributed by atoms with Crippen LogP contribution >= 0.6 is 0 Å². The minimum Gasteiger partial charge on any atom is -0.461 e. The van der Waals surface area contributed by atoms with Gasteiger partial charge >= 0.3 is 5.97 Å². The van der Waals surface area contributed by atoms with Gasteiger partial charge in [0.05, 0.1) is 5.92 Å². The molecule has 1 aliphatic carbocycles. The van der Waals surface area contributed by atoms with E-state index in [1.807, 2.05) is 12.1 Å². The minimum atomic E-state index is -0.0481. The molecule has 3 nitrogen and oxygen atoms in total. The Bertz CT molecular complexity index is 306. The summed E-state index contributed by atoms with van der Waals surface area (Å²) in [5, 5.41) is 0. The summed E-state index contributed by atoms with van der Waals surface area (Å²) in [6, 6.07) is 3.71. The van der Waals surface area contributed by atoms with Gasteiger partial charge in [-0.2, -0.15) is 0 Å². The van der Waals surface area contributed by atoms with Gasteiger partial charge in [-0.3, -0.25) is 9.78 Å². The molecule has 1 aromatic rings. The van der Waals surface area contributed by atoms with Gasteiger partial charge in [-0.25, -0.2) is 0 Å². The Morgan fingerprint density at radius 3 is 2.71 bits per heavy atom. The molecule has 0 N–H and O–H groups in total. The van der Waals surface area contributed by atoms with Gasteiger partial charge in [0.1, 0.15) is 6.61 Å². The lowest BCUT2D eigenvalue weighted by Crippen LogP contribution is -2.23. The first-order valence-electron chi connectivity index (χ1n) is 4.92. The summed E-state index contributed by atoms with van der Waals surface area (Å²) in [6.07, 6.45) is 6.55. The molecular formula is C11H13NO2. The second-order valence-corrected chi connectivity index (χ2v) is 3.59. The number of aromatic nitrogens is 1. The minimum absolute atomic E-state index is 0.0481. The quantitative estimate of drug-likeness (QED) is 0.685. The first-order valence-corrected chi connectivity index (χ1v) is 4.92. The van der Waals surface area contributed by atoms with E-state index in [0.29, 0.717) is 6.61 Å². The maximum absolute atomic E-state index is 11.4. The van der Waals surface area contributed by atoms with E-state index in [1.165, 1.54) is 0 Å². The van der Waals surface area contributed by atoms with E-state index in [4.69, 9.17) is 4.74 Å². The standard InChI is InChI=1S/C11H13NO2/c13-11(10-2-1-3-10)14-8-9-4-6-12-7-5-9/h4-7,10H,1-3,8H2. The molecule has 1 fully saturated rings. The highest BCUT2D eigenvalue weighted by molar-refractivity contribution is 5.73. The smallest absolute Gasteiger partial charge is 0.309 e. The maximum Gasteiger partial charge on any atom is 0.309 e. The SMILES string of the molecule is O=C(OCc1ccncc1)C1CCC1. The zero-order valence-electron chi connectivity index (χ0n) is 7.98. The molecule has 1 aliphatic rings. The van der Waals surface area contributed by atoms with Crippen LogP contribution < -0.4 is 0 Å². The summed E-state index contributed by atoms with van der Waals surface area (Å²) in [4.78, 5) is 15.3. The number of hydrogen-bond acceptors (Lipinski definition) is 3. The van der Waals surface area contributed by atoms with Gasteiger partial charge in [0.25, 0.3) is 0 Å². The largest absolute Gasteiger partial charge is 0.461 e. The summed E-state index contributed by atoms with van der Waals surface area (Å²) >= 11 is 0. The van der Waals surface area contributed by atoms with Crippen LogP contribution in [0.3, 0.4) is 0 Å². The normalized spacial score (nSPS) is 16.0. The lowest BCUT2D eigenvalue weighted by molar-refractivity contribution is -0.152.